The van der Waals surface area contributed by atoms with Crippen LogP contribution >= 0.6 is 0 Å². The first kappa shape index (κ1) is 16.4. The van der Waals surface area contributed by atoms with Crippen molar-refractivity contribution >= 4 is 5.78 Å². The monoisotopic (exact) mass is 335 g/mol. The van der Waals surface area contributed by atoms with E-state index in [2.05, 4.69) is 5.73 Å². The van der Waals surface area contributed by atoms with Crippen LogP contribution in [0.3, 0.4) is 0 Å². The Morgan fingerprint density at radius 1 is 0.950 bits per heavy atom. The van der Waals surface area contributed by atoms with Crippen molar-refractivity contribution in [3.05, 3.63) is 65.7 Å². The Balaban J connectivity index is 0.00000200. The third-order valence-corrected chi connectivity index (χ3v) is 2.82. The second-order valence-corrected chi connectivity index (χ2v) is 4.28. The van der Waals surface area contributed by atoms with E-state index >= 15 is 0 Å². The molecular formula is C16H18BrNO2+. The molecule has 0 saturated heterocycles. The summed E-state index contributed by atoms with van der Waals surface area (Å²) in [5.41, 5.74) is 5.14. The van der Waals surface area contributed by atoms with Gasteiger partial charge in [-0.25, -0.2) is 0 Å². The minimum atomic E-state index is 0. The van der Waals surface area contributed by atoms with Crippen LogP contribution in [-0.2, 0) is 0 Å². The Morgan fingerprint density at radius 2 is 1.55 bits per heavy atom. The summed E-state index contributed by atoms with van der Waals surface area (Å²) in [6.45, 7) is 1.53. The predicted molar refractivity (Wildman–Crippen MR) is 74.2 cm³/mol. The van der Waals surface area contributed by atoms with Crippen LogP contribution in [0.25, 0.3) is 0 Å². The lowest BCUT2D eigenvalue weighted by atomic mass is 10.0. The van der Waals surface area contributed by atoms with Gasteiger partial charge in [-0.05, 0) is 12.1 Å². The number of halogens is 1. The van der Waals surface area contributed by atoms with Gasteiger partial charge in [0, 0.05) is 23.3 Å². The van der Waals surface area contributed by atoms with Crippen LogP contribution in [0.5, 0.6) is 5.75 Å². The van der Waals surface area contributed by atoms with Gasteiger partial charge in [0.2, 0.25) is 0 Å². The quantitative estimate of drug-likeness (QED) is 0.415. The molecule has 0 aliphatic carbocycles. The van der Waals surface area contributed by atoms with Crippen molar-refractivity contribution in [3.63, 3.8) is 0 Å². The molecule has 0 unspecified atom stereocenters. The summed E-state index contributed by atoms with van der Waals surface area (Å²) in [5.74, 6) is 0.822. The lowest BCUT2D eigenvalue weighted by molar-refractivity contribution is -0.368. The van der Waals surface area contributed by atoms with E-state index in [9.17, 15) is 4.79 Å². The molecule has 105 valence electrons. The molecule has 0 bridgehead atoms. The van der Waals surface area contributed by atoms with E-state index in [0.717, 1.165) is 18.7 Å². The molecule has 0 amide bonds. The van der Waals surface area contributed by atoms with Gasteiger partial charge in [-0.15, -0.1) is 0 Å². The fourth-order valence-corrected chi connectivity index (χ4v) is 1.75. The highest BCUT2D eigenvalue weighted by Gasteiger charge is 2.11. The summed E-state index contributed by atoms with van der Waals surface area (Å²) < 4.78 is 5.54. The number of carbonyl (C=O) groups is 1. The molecule has 0 aromatic heterocycles. The van der Waals surface area contributed by atoms with Crippen molar-refractivity contribution in [2.45, 2.75) is 6.42 Å². The zero-order valence-corrected chi connectivity index (χ0v) is 12.8. The molecule has 0 atom stereocenters. The Morgan fingerprint density at radius 3 is 2.15 bits per heavy atom. The smallest absolute Gasteiger partial charge is 0.343 e. The fraction of sp³-hybridized carbons (Fsp3) is 0.188. The molecule has 3 nitrogen and oxygen atoms in total. The SMILES string of the molecule is [Br-].[NH3+]CCC[O+]c1ccc(C(=O)c2ccccc2)cc1. The lowest BCUT2D eigenvalue weighted by Gasteiger charge is -2.00. The predicted octanol–water partition coefficient (Wildman–Crippen LogP) is -1.07. The molecule has 1 radical (unpaired) electrons. The Hall–Kier alpha value is -1.65. The highest BCUT2D eigenvalue weighted by molar-refractivity contribution is 6.08. The molecule has 20 heavy (non-hydrogen) atoms. The van der Waals surface area contributed by atoms with Crippen LogP contribution in [0.2, 0.25) is 0 Å². The van der Waals surface area contributed by atoms with E-state index in [1.54, 1.807) is 12.1 Å². The van der Waals surface area contributed by atoms with Crippen molar-refractivity contribution in [3.8, 4) is 5.75 Å². The van der Waals surface area contributed by atoms with Crippen LogP contribution in [0, 0.1) is 0 Å². The summed E-state index contributed by atoms with van der Waals surface area (Å²) in [5, 5.41) is 0. The van der Waals surface area contributed by atoms with Crippen LogP contribution in [0.15, 0.2) is 54.6 Å². The van der Waals surface area contributed by atoms with Gasteiger partial charge in [0.05, 0.1) is 13.0 Å². The number of ether oxygens (including phenoxy) is 1. The third-order valence-electron chi connectivity index (χ3n) is 2.82. The Bertz CT molecular complexity index is 526. The largest absolute Gasteiger partial charge is 1.00 e. The summed E-state index contributed by atoms with van der Waals surface area (Å²) in [6.07, 6.45) is 0.935. The number of quaternary nitrogens is 1. The van der Waals surface area contributed by atoms with E-state index in [1.807, 2.05) is 42.5 Å². The van der Waals surface area contributed by atoms with Gasteiger partial charge in [-0.2, -0.15) is 0 Å². The molecule has 0 fully saturated rings. The number of rotatable bonds is 6. The Kier molecular flexibility index (Phi) is 6.98. The minimum Gasteiger partial charge on any atom is -1.00 e. The number of carbonyl (C=O) groups excluding carboxylic acids is 1. The maximum Gasteiger partial charge on any atom is 0.343 e. The fourth-order valence-electron chi connectivity index (χ4n) is 1.75. The van der Waals surface area contributed by atoms with Crippen molar-refractivity contribution in [2.75, 3.05) is 13.2 Å². The van der Waals surface area contributed by atoms with Crippen LogP contribution in [0.1, 0.15) is 22.3 Å². The minimum absolute atomic E-state index is 0. The van der Waals surface area contributed by atoms with Gasteiger partial charge in [0.1, 0.15) is 0 Å². The zero-order chi connectivity index (χ0) is 13.5. The molecule has 0 aliphatic rings. The maximum atomic E-state index is 12.2. The Labute approximate surface area is 129 Å². The molecule has 0 spiro atoms. The van der Waals surface area contributed by atoms with E-state index in [-0.39, 0.29) is 22.8 Å². The first-order valence-electron chi connectivity index (χ1n) is 6.43. The second kappa shape index (κ2) is 8.51. The highest BCUT2D eigenvalue weighted by Crippen LogP contribution is 2.15. The second-order valence-electron chi connectivity index (χ2n) is 4.28. The summed E-state index contributed by atoms with van der Waals surface area (Å²) in [4.78, 5) is 12.2. The molecule has 0 saturated carbocycles. The summed E-state index contributed by atoms with van der Waals surface area (Å²) in [7, 11) is 0. The standard InChI is InChI=1S/C16H17NO2.BrH/c17-11-4-12-19-15-9-7-14(8-10-15)16(18)13-5-2-1-3-6-13;/h1-3,5-10H,4,11-12,17H2;1H/q+1;. The number of hydrogen-bond acceptors (Lipinski definition) is 2. The first-order valence-corrected chi connectivity index (χ1v) is 6.43. The molecule has 2 rings (SSSR count). The molecule has 4 heteroatoms. The van der Waals surface area contributed by atoms with Gasteiger partial charge in [0.15, 0.2) is 5.78 Å². The molecule has 2 aromatic rings. The van der Waals surface area contributed by atoms with Gasteiger partial charge in [0.25, 0.3) is 6.61 Å². The topological polar surface area (TPSA) is 56.0 Å². The lowest BCUT2D eigenvalue weighted by Crippen LogP contribution is -3.00. The van der Waals surface area contributed by atoms with Gasteiger partial charge < -0.3 is 22.7 Å². The van der Waals surface area contributed by atoms with Crippen molar-refractivity contribution in [1.29, 1.82) is 0 Å². The first-order chi connectivity index (χ1) is 9.31. The number of hydrogen-bond donors (Lipinski definition) is 1. The number of ketones is 1. The zero-order valence-electron chi connectivity index (χ0n) is 11.2. The van der Waals surface area contributed by atoms with Crippen molar-refractivity contribution in [2.24, 2.45) is 0 Å². The summed E-state index contributed by atoms with van der Waals surface area (Å²) in [6, 6.07) is 16.5. The van der Waals surface area contributed by atoms with E-state index < -0.39 is 0 Å². The van der Waals surface area contributed by atoms with Gasteiger partial charge >= 0.3 is 5.75 Å². The van der Waals surface area contributed by atoms with Crippen LogP contribution < -0.4 is 27.5 Å². The molecular weight excluding hydrogens is 318 g/mol. The maximum absolute atomic E-state index is 12.2. The average molecular weight is 336 g/mol. The summed E-state index contributed by atoms with van der Waals surface area (Å²) >= 11 is 0. The van der Waals surface area contributed by atoms with Crippen molar-refractivity contribution < 1.29 is 32.2 Å². The molecule has 0 aliphatic heterocycles. The van der Waals surface area contributed by atoms with Crippen LogP contribution in [-0.4, -0.2) is 18.9 Å². The molecule has 3 N–H and O–H groups in total. The highest BCUT2D eigenvalue weighted by atomic mass is 79.9. The molecule has 0 heterocycles. The molecule has 2 aromatic carbocycles. The normalized spacial score (nSPS) is 9.65. The number of benzene rings is 2. The van der Waals surface area contributed by atoms with Crippen LogP contribution in [0.4, 0.5) is 0 Å². The van der Waals surface area contributed by atoms with Gasteiger partial charge in [-0.1, -0.05) is 30.3 Å². The van der Waals surface area contributed by atoms with Crippen molar-refractivity contribution in [1.82, 2.24) is 0 Å². The van der Waals surface area contributed by atoms with E-state index in [0.29, 0.717) is 17.7 Å². The van der Waals surface area contributed by atoms with Gasteiger partial charge in [-0.3, -0.25) is 9.53 Å². The third kappa shape index (κ3) is 4.47. The average Bonchev–Trinajstić information content (AvgIpc) is 2.48. The van der Waals surface area contributed by atoms with E-state index in [1.165, 1.54) is 0 Å². The van der Waals surface area contributed by atoms with E-state index in [4.69, 9.17) is 4.74 Å².